The summed E-state index contributed by atoms with van der Waals surface area (Å²) in [6.07, 6.45) is 3.33. The lowest BCUT2D eigenvalue weighted by Crippen LogP contribution is -2.37. The minimum Gasteiger partial charge on any atom is -0.376 e. The van der Waals surface area contributed by atoms with Gasteiger partial charge in [0.05, 0.1) is 6.10 Å². The average molecular weight is 291 g/mol. The maximum atomic E-state index is 12.6. The van der Waals surface area contributed by atoms with Crippen LogP contribution in [0.25, 0.3) is 0 Å². The zero-order chi connectivity index (χ0) is 15.1. The molecule has 1 aromatic heterocycles. The lowest BCUT2D eigenvalue weighted by Gasteiger charge is -2.23. The summed E-state index contributed by atoms with van der Waals surface area (Å²) in [5.74, 6) is 0.740. The summed E-state index contributed by atoms with van der Waals surface area (Å²) < 4.78 is 5.62. The number of likely N-dealkylation sites (N-methyl/N-ethyl adjacent to an activating group) is 1. The Labute approximate surface area is 126 Å². The van der Waals surface area contributed by atoms with Gasteiger partial charge in [0.15, 0.2) is 0 Å². The molecule has 1 aliphatic heterocycles. The Kier molecular flexibility index (Phi) is 5.99. The van der Waals surface area contributed by atoms with Crippen LogP contribution < -0.4 is 5.32 Å². The number of ether oxygens (including phenoxy) is 1. The first-order valence-corrected chi connectivity index (χ1v) is 7.86. The molecule has 0 aliphatic carbocycles. The zero-order valence-electron chi connectivity index (χ0n) is 13.0. The molecule has 1 N–H and O–H groups in total. The summed E-state index contributed by atoms with van der Waals surface area (Å²) in [6, 6.07) is 5.54. The second-order valence-electron chi connectivity index (χ2n) is 5.31. The molecule has 1 saturated heterocycles. The van der Waals surface area contributed by atoms with Gasteiger partial charge < -0.3 is 15.0 Å². The van der Waals surface area contributed by atoms with E-state index >= 15 is 0 Å². The number of nitrogens with one attached hydrogen (secondary N) is 1. The summed E-state index contributed by atoms with van der Waals surface area (Å²) in [5.41, 5.74) is 0.496. The maximum Gasteiger partial charge on any atom is 0.272 e. The molecule has 0 bridgehead atoms. The van der Waals surface area contributed by atoms with Crippen molar-refractivity contribution in [1.82, 2.24) is 9.88 Å². The molecule has 1 amide bonds. The Morgan fingerprint density at radius 1 is 1.48 bits per heavy atom. The number of hydrogen-bond donors (Lipinski definition) is 1. The largest absolute Gasteiger partial charge is 0.376 e. The third-order valence-corrected chi connectivity index (χ3v) is 3.64. The lowest BCUT2D eigenvalue weighted by molar-refractivity contribution is 0.0535. The molecule has 1 atom stereocenters. The van der Waals surface area contributed by atoms with Crippen LogP contribution in [0.4, 0.5) is 5.82 Å². The summed E-state index contributed by atoms with van der Waals surface area (Å²) in [4.78, 5) is 18.8. The van der Waals surface area contributed by atoms with Crippen LogP contribution in [-0.4, -0.2) is 48.1 Å². The standard InChI is InChI=1S/C16H25N3O2/c1-3-10-17-15-9-5-8-14(18-15)16(20)19(4-2)12-13-7-6-11-21-13/h5,8-9,13H,3-4,6-7,10-12H2,1-2H3,(H,17,18). The summed E-state index contributed by atoms with van der Waals surface area (Å²) in [6.45, 7) is 7.09. The summed E-state index contributed by atoms with van der Waals surface area (Å²) >= 11 is 0. The molecule has 1 aliphatic rings. The van der Waals surface area contributed by atoms with Crippen LogP contribution in [0.1, 0.15) is 43.6 Å². The normalized spacial score (nSPS) is 17.7. The Hall–Kier alpha value is -1.62. The maximum absolute atomic E-state index is 12.6. The van der Waals surface area contributed by atoms with Crippen LogP contribution >= 0.6 is 0 Å². The van der Waals surface area contributed by atoms with Crippen LogP contribution in [0.2, 0.25) is 0 Å². The molecule has 116 valence electrons. The van der Waals surface area contributed by atoms with Gasteiger partial charge in [-0.2, -0.15) is 0 Å². The Bertz CT molecular complexity index is 459. The van der Waals surface area contributed by atoms with Crippen LogP contribution in [0, 0.1) is 0 Å². The molecule has 1 aromatic rings. The minimum absolute atomic E-state index is 0.0202. The van der Waals surface area contributed by atoms with E-state index in [-0.39, 0.29) is 12.0 Å². The second-order valence-corrected chi connectivity index (χ2v) is 5.31. The van der Waals surface area contributed by atoms with Gasteiger partial charge in [-0.25, -0.2) is 4.98 Å². The molecule has 1 unspecified atom stereocenters. The predicted octanol–water partition coefficient (Wildman–Crippen LogP) is 2.54. The molecule has 5 heteroatoms. The topological polar surface area (TPSA) is 54.5 Å². The number of hydrogen-bond acceptors (Lipinski definition) is 4. The first kappa shape index (κ1) is 15.8. The first-order valence-electron chi connectivity index (χ1n) is 7.86. The zero-order valence-corrected chi connectivity index (χ0v) is 13.0. The third-order valence-electron chi connectivity index (χ3n) is 3.64. The SMILES string of the molecule is CCCNc1cccc(C(=O)N(CC)CC2CCCO2)n1. The third kappa shape index (κ3) is 4.43. The molecule has 0 spiro atoms. The average Bonchev–Trinajstić information content (AvgIpc) is 3.03. The fourth-order valence-electron chi connectivity index (χ4n) is 2.46. The molecular weight excluding hydrogens is 266 g/mol. The molecular formula is C16H25N3O2. The van der Waals surface area contributed by atoms with E-state index in [1.54, 1.807) is 6.07 Å². The molecule has 2 rings (SSSR count). The van der Waals surface area contributed by atoms with Gasteiger partial charge in [0.25, 0.3) is 5.91 Å². The van der Waals surface area contributed by atoms with Crippen LogP contribution in [0.5, 0.6) is 0 Å². The number of nitrogens with zero attached hydrogens (tertiary/aromatic N) is 2. The summed E-state index contributed by atoms with van der Waals surface area (Å²) in [5, 5.41) is 3.21. The Morgan fingerprint density at radius 2 is 2.33 bits per heavy atom. The predicted molar refractivity (Wildman–Crippen MR) is 83.6 cm³/mol. The number of rotatable bonds is 7. The number of amides is 1. The van der Waals surface area contributed by atoms with Crippen molar-refractivity contribution in [3.63, 3.8) is 0 Å². The van der Waals surface area contributed by atoms with E-state index in [1.165, 1.54) is 0 Å². The van der Waals surface area contributed by atoms with Crippen LogP contribution in [0.3, 0.4) is 0 Å². The van der Waals surface area contributed by atoms with E-state index in [9.17, 15) is 4.79 Å². The van der Waals surface area contributed by atoms with Crippen molar-refractivity contribution < 1.29 is 9.53 Å². The van der Waals surface area contributed by atoms with Crippen molar-refractivity contribution in [2.75, 3.05) is 31.6 Å². The molecule has 21 heavy (non-hydrogen) atoms. The van der Waals surface area contributed by atoms with Gasteiger partial charge in [-0.05, 0) is 38.3 Å². The minimum atomic E-state index is -0.0202. The highest BCUT2D eigenvalue weighted by molar-refractivity contribution is 5.92. The highest BCUT2D eigenvalue weighted by Crippen LogP contribution is 2.15. The van der Waals surface area contributed by atoms with E-state index in [0.717, 1.165) is 38.2 Å². The van der Waals surface area contributed by atoms with E-state index in [2.05, 4.69) is 17.2 Å². The van der Waals surface area contributed by atoms with Crippen molar-refractivity contribution in [3.05, 3.63) is 23.9 Å². The van der Waals surface area contributed by atoms with Crippen LogP contribution in [0.15, 0.2) is 18.2 Å². The lowest BCUT2D eigenvalue weighted by atomic mass is 10.2. The van der Waals surface area contributed by atoms with E-state index < -0.39 is 0 Å². The highest BCUT2D eigenvalue weighted by Gasteiger charge is 2.23. The smallest absolute Gasteiger partial charge is 0.272 e. The molecule has 0 aromatic carbocycles. The quantitative estimate of drug-likeness (QED) is 0.839. The number of carbonyl (C=O) groups excluding carboxylic acids is 1. The second kappa shape index (κ2) is 7.98. The number of aromatic nitrogens is 1. The van der Waals surface area contributed by atoms with Crippen molar-refractivity contribution in [1.29, 1.82) is 0 Å². The van der Waals surface area contributed by atoms with Crippen molar-refractivity contribution in [2.24, 2.45) is 0 Å². The van der Waals surface area contributed by atoms with Gasteiger partial charge in [-0.15, -0.1) is 0 Å². The molecule has 5 nitrogen and oxygen atoms in total. The number of pyridine rings is 1. The van der Waals surface area contributed by atoms with Crippen LogP contribution in [-0.2, 0) is 4.74 Å². The number of anilines is 1. The molecule has 2 heterocycles. The van der Waals surface area contributed by atoms with Gasteiger partial charge in [0.1, 0.15) is 11.5 Å². The van der Waals surface area contributed by atoms with E-state index in [0.29, 0.717) is 18.8 Å². The molecule has 1 fully saturated rings. The first-order chi connectivity index (χ1) is 10.2. The van der Waals surface area contributed by atoms with Gasteiger partial charge in [-0.1, -0.05) is 13.0 Å². The van der Waals surface area contributed by atoms with Crippen molar-refractivity contribution >= 4 is 11.7 Å². The Balaban J connectivity index is 2.02. The monoisotopic (exact) mass is 291 g/mol. The Morgan fingerprint density at radius 3 is 3.00 bits per heavy atom. The van der Waals surface area contributed by atoms with Gasteiger partial charge in [0, 0.05) is 26.2 Å². The van der Waals surface area contributed by atoms with Gasteiger partial charge in [-0.3, -0.25) is 4.79 Å². The molecule has 0 radical (unpaired) electrons. The summed E-state index contributed by atoms with van der Waals surface area (Å²) in [7, 11) is 0. The number of carbonyl (C=O) groups is 1. The fraction of sp³-hybridized carbons (Fsp3) is 0.625. The van der Waals surface area contributed by atoms with E-state index in [4.69, 9.17) is 4.74 Å². The van der Waals surface area contributed by atoms with Gasteiger partial charge >= 0.3 is 0 Å². The van der Waals surface area contributed by atoms with Crippen molar-refractivity contribution in [2.45, 2.75) is 39.2 Å². The van der Waals surface area contributed by atoms with E-state index in [1.807, 2.05) is 24.0 Å². The van der Waals surface area contributed by atoms with Gasteiger partial charge in [0.2, 0.25) is 0 Å². The van der Waals surface area contributed by atoms with Crippen molar-refractivity contribution in [3.8, 4) is 0 Å². The molecule has 0 saturated carbocycles. The fourth-order valence-corrected chi connectivity index (χ4v) is 2.46. The highest BCUT2D eigenvalue weighted by atomic mass is 16.5.